The van der Waals surface area contributed by atoms with E-state index in [0.29, 0.717) is 12.2 Å². The number of amides is 1. The summed E-state index contributed by atoms with van der Waals surface area (Å²) in [4.78, 5) is 14.5. The lowest BCUT2D eigenvalue weighted by atomic mass is 9.90. The lowest BCUT2D eigenvalue weighted by molar-refractivity contribution is -0.123. The van der Waals surface area contributed by atoms with E-state index in [-0.39, 0.29) is 18.4 Å². The number of rotatable bonds is 4. The average Bonchev–Trinajstić information content (AvgIpc) is 2.45. The van der Waals surface area contributed by atoms with E-state index < -0.39 is 0 Å². The third-order valence-corrected chi connectivity index (χ3v) is 4.27. The highest BCUT2D eigenvalue weighted by atomic mass is 16.3. The summed E-state index contributed by atoms with van der Waals surface area (Å²) in [5, 5.41) is 9.30. The van der Waals surface area contributed by atoms with Crippen LogP contribution >= 0.6 is 0 Å². The third kappa shape index (κ3) is 4.21. The smallest absolute Gasteiger partial charge is 0.230 e. The molecule has 0 aliphatic heterocycles. The van der Waals surface area contributed by atoms with Crippen LogP contribution in [0.2, 0.25) is 0 Å². The predicted molar refractivity (Wildman–Crippen MR) is 86.1 cm³/mol. The van der Waals surface area contributed by atoms with Gasteiger partial charge in [0.1, 0.15) is 0 Å². The Hall–Kier alpha value is -1.55. The Balaban J connectivity index is 2.16. The Morgan fingerprint density at radius 3 is 2.38 bits per heavy atom. The predicted octanol–water partition coefficient (Wildman–Crippen LogP) is 2.95. The van der Waals surface area contributed by atoms with E-state index in [0.717, 1.165) is 31.4 Å². The molecule has 0 aromatic heterocycles. The zero-order chi connectivity index (χ0) is 15.1. The summed E-state index contributed by atoms with van der Waals surface area (Å²) in [5.41, 5.74) is 7.31. The summed E-state index contributed by atoms with van der Waals surface area (Å²) in [6.45, 7) is 0.260. The van der Waals surface area contributed by atoms with E-state index in [2.05, 4.69) is 0 Å². The first-order valence-electron chi connectivity index (χ1n) is 8.00. The number of para-hydroxylation sites is 2. The molecule has 1 aromatic rings. The van der Waals surface area contributed by atoms with Crippen LogP contribution < -0.4 is 10.6 Å². The van der Waals surface area contributed by atoms with Crippen LogP contribution in [0.5, 0.6) is 0 Å². The van der Waals surface area contributed by atoms with Crippen molar-refractivity contribution < 1.29 is 9.90 Å². The molecule has 1 aromatic carbocycles. The van der Waals surface area contributed by atoms with E-state index in [1.807, 2.05) is 18.2 Å². The first kappa shape index (κ1) is 15.8. The van der Waals surface area contributed by atoms with Crippen LogP contribution in [0.1, 0.15) is 44.9 Å². The molecular formula is C17H26N2O2. The monoisotopic (exact) mass is 290 g/mol. The average molecular weight is 290 g/mol. The highest BCUT2D eigenvalue weighted by Gasteiger charge is 2.26. The molecule has 0 atom stereocenters. The minimum absolute atomic E-state index is 0.0488. The molecule has 0 unspecified atom stereocenters. The molecule has 21 heavy (non-hydrogen) atoms. The van der Waals surface area contributed by atoms with Crippen LogP contribution in [0.3, 0.4) is 0 Å². The molecule has 0 spiro atoms. The number of aliphatic hydroxyl groups is 1. The zero-order valence-corrected chi connectivity index (χ0v) is 12.6. The number of benzene rings is 1. The van der Waals surface area contributed by atoms with Gasteiger partial charge in [-0.3, -0.25) is 4.79 Å². The van der Waals surface area contributed by atoms with Gasteiger partial charge in [-0.05, 0) is 25.0 Å². The van der Waals surface area contributed by atoms with Crippen molar-refractivity contribution in [3.8, 4) is 0 Å². The number of aliphatic hydroxyl groups excluding tert-OH is 1. The fourth-order valence-corrected chi connectivity index (χ4v) is 3.11. The number of carbonyl (C=O) groups is 1. The van der Waals surface area contributed by atoms with Crippen molar-refractivity contribution in [3.05, 3.63) is 24.3 Å². The second-order valence-corrected chi connectivity index (χ2v) is 5.81. The molecule has 0 radical (unpaired) electrons. The number of nitrogens with zero attached hydrogens (tertiary/aromatic N) is 1. The number of carbonyl (C=O) groups excluding carboxylic acids is 1. The van der Waals surface area contributed by atoms with Gasteiger partial charge in [-0.1, -0.05) is 44.2 Å². The van der Waals surface area contributed by atoms with Gasteiger partial charge in [-0.25, -0.2) is 0 Å². The molecule has 2 rings (SSSR count). The minimum atomic E-state index is -0.0488. The number of hydrogen-bond acceptors (Lipinski definition) is 3. The molecule has 4 heteroatoms. The number of hydrogen-bond donors (Lipinski definition) is 2. The highest BCUT2D eigenvalue weighted by molar-refractivity contribution is 5.97. The molecule has 1 aliphatic carbocycles. The fourth-order valence-electron chi connectivity index (χ4n) is 3.11. The van der Waals surface area contributed by atoms with Crippen LogP contribution in [0.15, 0.2) is 24.3 Å². The largest absolute Gasteiger partial charge is 0.397 e. The maximum atomic E-state index is 12.9. The summed E-state index contributed by atoms with van der Waals surface area (Å²) in [6, 6.07) is 7.38. The quantitative estimate of drug-likeness (QED) is 0.838. The molecule has 3 N–H and O–H groups in total. The molecule has 1 saturated carbocycles. The van der Waals surface area contributed by atoms with Gasteiger partial charge in [-0.15, -0.1) is 0 Å². The van der Waals surface area contributed by atoms with Crippen molar-refractivity contribution in [1.82, 2.24) is 0 Å². The lowest BCUT2D eigenvalue weighted by Gasteiger charge is -2.28. The summed E-state index contributed by atoms with van der Waals surface area (Å²) >= 11 is 0. The van der Waals surface area contributed by atoms with Crippen LogP contribution in [-0.2, 0) is 4.79 Å². The van der Waals surface area contributed by atoms with Gasteiger partial charge in [0, 0.05) is 12.5 Å². The number of nitrogen functional groups attached to an aromatic ring is 1. The van der Waals surface area contributed by atoms with Gasteiger partial charge < -0.3 is 15.7 Å². The van der Waals surface area contributed by atoms with Crippen molar-refractivity contribution in [1.29, 1.82) is 0 Å². The Kier molecular flexibility index (Phi) is 6.05. The van der Waals surface area contributed by atoms with Gasteiger partial charge in [-0.2, -0.15) is 0 Å². The maximum absolute atomic E-state index is 12.9. The first-order valence-corrected chi connectivity index (χ1v) is 8.00. The summed E-state index contributed by atoms with van der Waals surface area (Å²) in [6.07, 6.45) is 7.86. The standard InChI is InChI=1S/C17H26N2O2/c18-15-10-6-7-11-16(15)19(12-13-20)17(21)14-8-4-2-1-3-5-9-14/h6-7,10-11,14,20H,1-5,8-9,12-13,18H2. The molecule has 0 bridgehead atoms. The van der Waals surface area contributed by atoms with Crippen LogP contribution in [-0.4, -0.2) is 24.2 Å². The van der Waals surface area contributed by atoms with Crippen molar-refractivity contribution in [3.63, 3.8) is 0 Å². The van der Waals surface area contributed by atoms with Crippen LogP contribution in [0.25, 0.3) is 0 Å². The molecule has 1 fully saturated rings. The SMILES string of the molecule is Nc1ccccc1N(CCO)C(=O)C1CCCCCCC1. The lowest BCUT2D eigenvalue weighted by Crippen LogP contribution is -2.39. The highest BCUT2D eigenvalue weighted by Crippen LogP contribution is 2.28. The Morgan fingerprint density at radius 2 is 1.76 bits per heavy atom. The second-order valence-electron chi connectivity index (χ2n) is 5.81. The molecule has 1 amide bonds. The van der Waals surface area contributed by atoms with E-state index >= 15 is 0 Å². The third-order valence-electron chi connectivity index (χ3n) is 4.27. The summed E-state index contributed by atoms with van der Waals surface area (Å²) < 4.78 is 0. The van der Waals surface area contributed by atoms with Gasteiger partial charge >= 0.3 is 0 Å². The van der Waals surface area contributed by atoms with Crippen molar-refractivity contribution in [2.45, 2.75) is 44.9 Å². The molecule has 0 saturated heterocycles. The van der Waals surface area contributed by atoms with Gasteiger partial charge in [0.2, 0.25) is 5.91 Å². The number of anilines is 2. The van der Waals surface area contributed by atoms with Gasteiger partial charge in [0.15, 0.2) is 0 Å². The summed E-state index contributed by atoms with van der Waals surface area (Å²) in [5.74, 6) is 0.181. The Bertz CT molecular complexity index is 454. The normalized spacial score (nSPS) is 17.0. The van der Waals surface area contributed by atoms with E-state index in [1.165, 1.54) is 19.3 Å². The van der Waals surface area contributed by atoms with E-state index in [4.69, 9.17) is 5.73 Å². The van der Waals surface area contributed by atoms with Gasteiger partial charge in [0.05, 0.1) is 18.0 Å². The second kappa shape index (κ2) is 8.03. The van der Waals surface area contributed by atoms with Crippen molar-refractivity contribution >= 4 is 17.3 Å². The Labute approximate surface area is 126 Å². The van der Waals surface area contributed by atoms with Crippen molar-refractivity contribution in [2.75, 3.05) is 23.8 Å². The zero-order valence-electron chi connectivity index (χ0n) is 12.6. The van der Waals surface area contributed by atoms with E-state index in [1.54, 1.807) is 11.0 Å². The van der Waals surface area contributed by atoms with Gasteiger partial charge in [0.25, 0.3) is 0 Å². The van der Waals surface area contributed by atoms with Crippen LogP contribution in [0.4, 0.5) is 11.4 Å². The minimum Gasteiger partial charge on any atom is -0.397 e. The number of nitrogens with two attached hydrogens (primary N) is 1. The van der Waals surface area contributed by atoms with Crippen LogP contribution in [0, 0.1) is 5.92 Å². The summed E-state index contributed by atoms with van der Waals surface area (Å²) in [7, 11) is 0. The maximum Gasteiger partial charge on any atom is 0.230 e. The first-order chi connectivity index (χ1) is 10.2. The molecular weight excluding hydrogens is 264 g/mol. The molecule has 116 valence electrons. The Morgan fingerprint density at radius 1 is 1.14 bits per heavy atom. The molecule has 0 heterocycles. The fraction of sp³-hybridized carbons (Fsp3) is 0.588. The van der Waals surface area contributed by atoms with Crippen molar-refractivity contribution in [2.24, 2.45) is 5.92 Å². The molecule has 4 nitrogen and oxygen atoms in total. The topological polar surface area (TPSA) is 66.6 Å². The van der Waals surface area contributed by atoms with E-state index in [9.17, 15) is 9.90 Å². The molecule has 1 aliphatic rings.